The smallest absolute Gasteiger partial charge is 0.248 e. The first-order valence-electron chi connectivity index (χ1n) is 5.55. The number of carbonyl (C=O) groups excluding carboxylic acids is 3. The van der Waals surface area contributed by atoms with Crippen molar-refractivity contribution in [2.24, 2.45) is 0 Å². The van der Waals surface area contributed by atoms with E-state index in [-0.39, 0.29) is 37.2 Å². The lowest BCUT2D eigenvalue weighted by atomic mass is 10.0. The van der Waals surface area contributed by atoms with E-state index < -0.39 is 5.54 Å². The van der Waals surface area contributed by atoms with Gasteiger partial charge in [0.1, 0.15) is 0 Å². The molecule has 6 heteroatoms. The molecule has 0 radical (unpaired) electrons. The Kier molecular flexibility index (Phi) is 3.87. The molecule has 1 aliphatic rings. The van der Waals surface area contributed by atoms with Gasteiger partial charge in [-0.05, 0) is 13.8 Å². The molecule has 1 heterocycles. The van der Waals surface area contributed by atoms with E-state index in [1.165, 1.54) is 4.90 Å². The minimum Gasteiger partial charge on any atom is -0.349 e. The van der Waals surface area contributed by atoms with Crippen LogP contribution in [0.2, 0.25) is 0 Å². The summed E-state index contributed by atoms with van der Waals surface area (Å²) in [5, 5.41) is 2.86. The third-order valence-corrected chi connectivity index (χ3v) is 2.81. The first-order chi connectivity index (χ1) is 7.75. The van der Waals surface area contributed by atoms with Gasteiger partial charge in [-0.1, -0.05) is 0 Å². The molecular weight excluding hydrogens is 222 g/mol. The molecule has 0 spiro atoms. The average molecular weight is 241 g/mol. The van der Waals surface area contributed by atoms with Crippen LogP contribution in [0.3, 0.4) is 0 Å². The van der Waals surface area contributed by atoms with Crippen molar-refractivity contribution < 1.29 is 14.4 Å². The van der Waals surface area contributed by atoms with Gasteiger partial charge in [-0.2, -0.15) is 0 Å². The number of imide groups is 1. The molecule has 1 rings (SSSR count). The highest BCUT2D eigenvalue weighted by atomic mass is 16.2. The summed E-state index contributed by atoms with van der Waals surface area (Å²) in [6.07, 6.45) is 0.167. The normalized spacial score (nSPS) is 19.4. The molecular formula is C11H19N3O3. The fourth-order valence-electron chi connectivity index (χ4n) is 1.58. The average Bonchev–Trinajstić information content (AvgIpc) is 2.24. The molecule has 0 bridgehead atoms. The maximum atomic E-state index is 12.0. The van der Waals surface area contributed by atoms with Crippen molar-refractivity contribution in [3.8, 4) is 0 Å². The van der Waals surface area contributed by atoms with Gasteiger partial charge in [0.15, 0.2) is 0 Å². The van der Waals surface area contributed by atoms with Crippen molar-refractivity contribution in [1.82, 2.24) is 15.1 Å². The standard InChI is InChI=1S/C11H19N3O3/c1-11(2)10(17)14(9(16)7-12-11)6-5-8(15)13(3)4/h12H,5-7H2,1-4H3. The molecule has 0 aromatic heterocycles. The monoisotopic (exact) mass is 241 g/mol. The van der Waals surface area contributed by atoms with E-state index in [4.69, 9.17) is 0 Å². The van der Waals surface area contributed by atoms with E-state index in [1.807, 2.05) is 0 Å². The molecule has 0 atom stereocenters. The van der Waals surface area contributed by atoms with Crippen LogP contribution < -0.4 is 5.32 Å². The topological polar surface area (TPSA) is 69.7 Å². The molecule has 6 nitrogen and oxygen atoms in total. The van der Waals surface area contributed by atoms with Crippen LogP contribution in [0.4, 0.5) is 0 Å². The van der Waals surface area contributed by atoms with E-state index in [0.717, 1.165) is 4.90 Å². The molecule has 96 valence electrons. The SMILES string of the molecule is CN(C)C(=O)CCN1C(=O)CNC(C)(C)C1=O. The Morgan fingerprint density at radius 3 is 2.53 bits per heavy atom. The van der Waals surface area contributed by atoms with Crippen LogP contribution in [0.1, 0.15) is 20.3 Å². The molecule has 1 saturated heterocycles. The van der Waals surface area contributed by atoms with Gasteiger partial charge in [-0.15, -0.1) is 0 Å². The van der Waals surface area contributed by atoms with Gasteiger partial charge in [0.2, 0.25) is 17.7 Å². The molecule has 1 N–H and O–H groups in total. The number of nitrogens with zero attached hydrogens (tertiary/aromatic N) is 2. The summed E-state index contributed by atoms with van der Waals surface area (Å²) >= 11 is 0. The zero-order chi connectivity index (χ0) is 13.2. The fourth-order valence-corrected chi connectivity index (χ4v) is 1.58. The maximum absolute atomic E-state index is 12.0. The summed E-state index contributed by atoms with van der Waals surface area (Å²) in [5.74, 6) is -0.650. The minimum absolute atomic E-state index is 0.0954. The quantitative estimate of drug-likeness (QED) is 0.657. The number of nitrogens with one attached hydrogen (secondary N) is 1. The maximum Gasteiger partial charge on any atom is 0.248 e. The molecule has 0 saturated carbocycles. The lowest BCUT2D eigenvalue weighted by molar-refractivity contribution is -0.152. The van der Waals surface area contributed by atoms with Crippen LogP contribution in [-0.4, -0.2) is 60.2 Å². The van der Waals surface area contributed by atoms with Gasteiger partial charge in [0.05, 0.1) is 12.1 Å². The van der Waals surface area contributed by atoms with Gasteiger partial charge in [-0.25, -0.2) is 0 Å². The molecule has 3 amide bonds. The zero-order valence-corrected chi connectivity index (χ0v) is 10.7. The van der Waals surface area contributed by atoms with E-state index >= 15 is 0 Å². The Balaban J connectivity index is 2.65. The number of hydrogen-bond acceptors (Lipinski definition) is 4. The molecule has 0 unspecified atom stereocenters. The van der Waals surface area contributed by atoms with Gasteiger partial charge < -0.3 is 4.90 Å². The summed E-state index contributed by atoms with van der Waals surface area (Å²) < 4.78 is 0. The fraction of sp³-hybridized carbons (Fsp3) is 0.727. The zero-order valence-electron chi connectivity index (χ0n) is 10.7. The molecule has 1 aliphatic heterocycles. The van der Waals surface area contributed by atoms with Crippen molar-refractivity contribution in [3.63, 3.8) is 0 Å². The van der Waals surface area contributed by atoms with Crippen LogP contribution in [0.15, 0.2) is 0 Å². The van der Waals surface area contributed by atoms with Crippen molar-refractivity contribution >= 4 is 17.7 Å². The van der Waals surface area contributed by atoms with E-state index in [2.05, 4.69) is 5.32 Å². The van der Waals surface area contributed by atoms with Crippen LogP contribution >= 0.6 is 0 Å². The first-order valence-corrected chi connectivity index (χ1v) is 5.55. The highest BCUT2D eigenvalue weighted by Crippen LogP contribution is 2.13. The third kappa shape index (κ3) is 3.03. The summed E-state index contributed by atoms with van der Waals surface area (Å²) in [6, 6.07) is 0. The van der Waals surface area contributed by atoms with Gasteiger partial charge >= 0.3 is 0 Å². The second-order valence-corrected chi connectivity index (χ2v) is 4.87. The highest BCUT2D eigenvalue weighted by Gasteiger charge is 2.39. The molecule has 0 aliphatic carbocycles. The van der Waals surface area contributed by atoms with Gasteiger partial charge in [0, 0.05) is 27.1 Å². The number of hydrogen-bond donors (Lipinski definition) is 1. The van der Waals surface area contributed by atoms with Crippen LogP contribution in [0, 0.1) is 0 Å². The van der Waals surface area contributed by atoms with E-state index in [9.17, 15) is 14.4 Å². The van der Waals surface area contributed by atoms with Crippen LogP contribution in [0.25, 0.3) is 0 Å². The second kappa shape index (κ2) is 4.83. The number of piperazine rings is 1. The summed E-state index contributed by atoms with van der Waals surface area (Å²) in [7, 11) is 3.29. The lowest BCUT2D eigenvalue weighted by Crippen LogP contribution is -2.63. The molecule has 0 aromatic rings. The Hall–Kier alpha value is -1.43. The van der Waals surface area contributed by atoms with Gasteiger partial charge in [-0.3, -0.25) is 24.6 Å². The number of rotatable bonds is 3. The first kappa shape index (κ1) is 13.6. The van der Waals surface area contributed by atoms with E-state index in [1.54, 1.807) is 27.9 Å². The van der Waals surface area contributed by atoms with Crippen molar-refractivity contribution in [1.29, 1.82) is 0 Å². The Bertz CT molecular complexity index is 350. The van der Waals surface area contributed by atoms with Crippen LogP contribution in [0.5, 0.6) is 0 Å². The summed E-state index contributed by atoms with van der Waals surface area (Å²) in [5.41, 5.74) is -0.741. The predicted octanol–water partition coefficient (Wildman–Crippen LogP) is -0.798. The third-order valence-electron chi connectivity index (χ3n) is 2.81. The lowest BCUT2D eigenvalue weighted by Gasteiger charge is -2.36. The predicted molar refractivity (Wildman–Crippen MR) is 62.1 cm³/mol. The highest BCUT2D eigenvalue weighted by molar-refractivity contribution is 6.03. The molecule has 17 heavy (non-hydrogen) atoms. The van der Waals surface area contributed by atoms with Gasteiger partial charge in [0.25, 0.3) is 0 Å². The summed E-state index contributed by atoms with van der Waals surface area (Å²) in [4.78, 5) is 37.6. The molecule has 1 fully saturated rings. The Labute approximate surface area is 101 Å². The van der Waals surface area contributed by atoms with Crippen molar-refractivity contribution in [2.75, 3.05) is 27.2 Å². The Morgan fingerprint density at radius 1 is 1.41 bits per heavy atom. The van der Waals surface area contributed by atoms with Crippen molar-refractivity contribution in [3.05, 3.63) is 0 Å². The van der Waals surface area contributed by atoms with E-state index in [0.29, 0.717) is 0 Å². The number of amides is 3. The second-order valence-electron chi connectivity index (χ2n) is 4.87. The largest absolute Gasteiger partial charge is 0.349 e. The number of carbonyl (C=O) groups is 3. The van der Waals surface area contributed by atoms with Crippen molar-refractivity contribution in [2.45, 2.75) is 25.8 Å². The summed E-state index contributed by atoms with van der Waals surface area (Å²) in [6.45, 7) is 3.74. The molecule has 0 aromatic carbocycles. The Morgan fingerprint density at radius 2 is 2.00 bits per heavy atom. The van der Waals surface area contributed by atoms with Crippen LogP contribution in [-0.2, 0) is 14.4 Å². The minimum atomic E-state index is -0.741.